The van der Waals surface area contributed by atoms with Crippen LogP contribution >= 0.6 is 15.9 Å². The summed E-state index contributed by atoms with van der Waals surface area (Å²) in [7, 11) is 0. The van der Waals surface area contributed by atoms with Crippen LogP contribution < -0.4 is 10.1 Å². The number of rotatable bonds is 5. The maximum Gasteiger partial charge on any atom is 0.266 e. The topological polar surface area (TPSA) is 56.1 Å². The van der Waals surface area contributed by atoms with Gasteiger partial charge in [0.15, 0.2) is 11.9 Å². The third-order valence-corrected chi connectivity index (χ3v) is 4.24. The van der Waals surface area contributed by atoms with Crippen LogP contribution in [0.4, 0.5) is 5.82 Å². The first-order valence-electron chi connectivity index (χ1n) is 7.88. The highest BCUT2D eigenvalue weighted by Gasteiger charge is 2.17. The monoisotopic (exact) mass is 399 g/mol. The Morgan fingerprint density at radius 1 is 1.20 bits per heavy atom. The molecule has 1 N–H and O–H groups in total. The van der Waals surface area contributed by atoms with Gasteiger partial charge in [-0.25, -0.2) is 4.68 Å². The minimum atomic E-state index is -0.652. The quantitative estimate of drug-likeness (QED) is 0.693. The molecule has 3 aromatic rings. The molecule has 0 aliphatic heterocycles. The normalized spacial score (nSPS) is 11.8. The van der Waals surface area contributed by atoms with Crippen LogP contribution in [0.1, 0.15) is 12.5 Å². The summed E-state index contributed by atoms with van der Waals surface area (Å²) in [6.45, 7) is 3.70. The van der Waals surface area contributed by atoms with Crippen LogP contribution in [0.15, 0.2) is 65.3 Å². The summed E-state index contributed by atoms with van der Waals surface area (Å²) in [5.41, 5.74) is 2.04. The van der Waals surface area contributed by atoms with E-state index in [1.807, 2.05) is 55.5 Å². The molecular formula is C19H18BrN3O2. The van der Waals surface area contributed by atoms with Gasteiger partial charge in [0.2, 0.25) is 0 Å². The van der Waals surface area contributed by atoms with E-state index >= 15 is 0 Å². The maximum absolute atomic E-state index is 12.3. The molecular weight excluding hydrogens is 382 g/mol. The molecule has 25 heavy (non-hydrogen) atoms. The fraction of sp³-hybridized carbons (Fsp3) is 0.158. The zero-order valence-electron chi connectivity index (χ0n) is 13.9. The number of carbonyl (C=O) groups excluding carboxylic acids is 1. The second kappa shape index (κ2) is 7.53. The number of aromatic nitrogens is 2. The molecule has 0 saturated heterocycles. The number of benzene rings is 2. The van der Waals surface area contributed by atoms with E-state index in [9.17, 15) is 4.79 Å². The predicted octanol–water partition coefficient (Wildman–Crippen LogP) is 4.35. The summed E-state index contributed by atoms with van der Waals surface area (Å²) < 4.78 is 8.26. The summed E-state index contributed by atoms with van der Waals surface area (Å²) in [6, 6.07) is 17.2. The molecule has 5 nitrogen and oxygen atoms in total. The van der Waals surface area contributed by atoms with Gasteiger partial charge < -0.3 is 10.1 Å². The molecule has 0 aliphatic carbocycles. The number of carbonyl (C=O) groups is 1. The molecule has 0 spiro atoms. The van der Waals surface area contributed by atoms with Crippen molar-refractivity contribution >= 4 is 27.7 Å². The third-order valence-electron chi connectivity index (χ3n) is 3.62. The maximum atomic E-state index is 12.3. The van der Waals surface area contributed by atoms with Crippen LogP contribution in [0.3, 0.4) is 0 Å². The summed E-state index contributed by atoms with van der Waals surface area (Å²) in [4.78, 5) is 12.3. The van der Waals surface area contributed by atoms with Crippen molar-refractivity contribution in [2.45, 2.75) is 20.0 Å². The number of amides is 1. The van der Waals surface area contributed by atoms with E-state index in [1.54, 1.807) is 23.9 Å². The number of anilines is 1. The molecule has 1 unspecified atom stereocenters. The van der Waals surface area contributed by atoms with Gasteiger partial charge in [-0.3, -0.25) is 4.79 Å². The molecule has 2 aromatic carbocycles. The highest BCUT2D eigenvalue weighted by Crippen LogP contribution is 2.26. The molecule has 1 aromatic heterocycles. The Kier molecular flexibility index (Phi) is 5.19. The number of hydrogen-bond donors (Lipinski definition) is 1. The minimum absolute atomic E-state index is 0.259. The van der Waals surface area contributed by atoms with E-state index in [-0.39, 0.29) is 5.91 Å². The van der Waals surface area contributed by atoms with Gasteiger partial charge in [-0.15, -0.1) is 0 Å². The first kappa shape index (κ1) is 17.2. The lowest BCUT2D eigenvalue weighted by atomic mass is 10.2. The van der Waals surface area contributed by atoms with Crippen LogP contribution in [0, 0.1) is 6.92 Å². The second-order valence-electron chi connectivity index (χ2n) is 5.66. The summed E-state index contributed by atoms with van der Waals surface area (Å²) >= 11 is 3.45. The molecule has 0 radical (unpaired) electrons. The third kappa shape index (κ3) is 4.28. The van der Waals surface area contributed by atoms with Crippen molar-refractivity contribution < 1.29 is 9.53 Å². The number of hydrogen-bond acceptors (Lipinski definition) is 3. The number of nitrogens with zero attached hydrogens (tertiary/aromatic N) is 2. The Bertz CT molecular complexity index is 877. The molecule has 0 bridgehead atoms. The van der Waals surface area contributed by atoms with Gasteiger partial charge in [-0.2, -0.15) is 5.10 Å². The number of nitrogens with one attached hydrogen (secondary N) is 1. The first-order valence-corrected chi connectivity index (χ1v) is 8.67. The first-order chi connectivity index (χ1) is 12.0. The van der Waals surface area contributed by atoms with Gasteiger partial charge in [0, 0.05) is 12.3 Å². The molecule has 1 heterocycles. The van der Waals surface area contributed by atoms with E-state index in [4.69, 9.17) is 4.74 Å². The van der Waals surface area contributed by atoms with Crippen molar-refractivity contribution in [2.75, 3.05) is 5.32 Å². The van der Waals surface area contributed by atoms with Crippen LogP contribution in [0.25, 0.3) is 5.69 Å². The average Bonchev–Trinajstić information content (AvgIpc) is 3.06. The van der Waals surface area contributed by atoms with Gasteiger partial charge in [0.05, 0.1) is 10.2 Å². The van der Waals surface area contributed by atoms with E-state index in [0.29, 0.717) is 11.6 Å². The van der Waals surface area contributed by atoms with Gasteiger partial charge in [-0.1, -0.05) is 24.3 Å². The Hall–Kier alpha value is -2.60. The standard InChI is InChI=1S/C19H18BrN3O2/c1-13-8-9-17(16(20)12-13)25-14(2)19(24)21-18-10-11-23(22-18)15-6-4-3-5-7-15/h3-12,14H,1-2H3,(H,21,22,24). The summed E-state index contributed by atoms with van der Waals surface area (Å²) in [6.07, 6.45) is 1.15. The molecule has 1 atom stereocenters. The minimum Gasteiger partial charge on any atom is -0.480 e. The summed E-state index contributed by atoms with van der Waals surface area (Å²) in [5, 5.41) is 7.13. The largest absolute Gasteiger partial charge is 0.480 e. The molecule has 0 aliphatic rings. The van der Waals surface area contributed by atoms with Crippen molar-refractivity contribution in [3.63, 3.8) is 0 Å². The lowest BCUT2D eigenvalue weighted by Gasteiger charge is -2.15. The Morgan fingerprint density at radius 3 is 2.68 bits per heavy atom. The van der Waals surface area contributed by atoms with Gasteiger partial charge in [0.1, 0.15) is 5.75 Å². The Balaban J connectivity index is 1.65. The molecule has 0 fully saturated rings. The lowest BCUT2D eigenvalue weighted by Crippen LogP contribution is -2.30. The van der Waals surface area contributed by atoms with E-state index in [0.717, 1.165) is 15.7 Å². The van der Waals surface area contributed by atoms with Gasteiger partial charge in [-0.05, 0) is 59.6 Å². The predicted molar refractivity (Wildman–Crippen MR) is 101 cm³/mol. The SMILES string of the molecule is Cc1ccc(OC(C)C(=O)Nc2ccn(-c3ccccc3)n2)c(Br)c1. The van der Waals surface area contributed by atoms with Crippen LogP contribution in [-0.2, 0) is 4.79 Å². The van der Waals surface area contributed by atoms with Crippen molar-refractivity contribution in [1.82, 2.24) is 9.78 Å². The number of aryl methyl sites for hydroxylation is 1. The highest BCUT2D eigenvalue weighted by molar-refractivity contribution is 9.10. The highest BCUT2D eigenvalue weighted by atomic mass is 79.9. The molecule has 128 valence electrons. The van der Waals surface area contributed by atoms with Crippen molar-refractivity contribution in [2.24, 2.45) is 0 Å². The molecule has 0 saturated carbocycles. The van der Waals surface area contributed by atoms with E-state index < -0.39 is 6.10 Å². The molecule has 3 rings (SSSR count). The van der Waals surface area contributed by atoms with Crippen molar-refractivity contribution in [3.8, 4) is 11.4 Å². The molecule has 6 heteroatoms. The van der Waals surface area contributed by atoms with Crippen LogP contribution in [-0.4, -0.2) is 21.8 Å². The second-order valence-corrected chi connectivity index (χ2v) is 6.52. The van der Waals surface area contributed by atoms with Crippen molar-refractivity contribution in [3.05, 3.63) is 70.8 Å². The van der Waals surface area contributed by atoms with E-state index in [2.05, 4.69) is 26.3 Å². The van der Waals surface area contributed by atoms with Gasteiger partial charge >= 0.3 is 0 Å². The summed E-state index contributed by atoms with van der Waals surface area (Å²) in [5.74, 6) is 0.848. The number of para-hydroxylation sites is 1. The van der Waals surface area contributed by atoms with Crippen LogP contribution in [0.2, 0.25) is 0 Å². The fourth-order valence-electron chi connectivity index (χ4n) is 2.29. The van der Waals surface area contributed by atoms with Gasteiger partial charge in [0.25, 0.3) is 5.91 Å². The number of ether oxygens (including phenoxy) is 1. The Labute approximate surface area is 154 Å². The zero-order valence-corrected chi connectivity index (χ0v) is 15.5. The number of halogens is 1. The lowest BCUT2D eigenvalue weighted by molar-refractivity contribution is -0.122. The van der Waals surface area contributed by atoms with E-state index in [1.165, 1.54) is 0 Å². The Morgan fingerprint density at radius 2 is 1.96 bits per heavy atom. The fourth-order valence-corrected chi connectivity index (χ4v) is 2.88. The zero-order chi connectivity index (χ0) is 17.8. The molecule has 1 amide bonds. The van der Waals surface area contributed by atoms with Crippen LogP contribution in [0.5, 0.6) is 5.75 Å². The average molecular weight is 400 g/mol. The smallest absolute Gasteiger partial charge is 0.266 e. The van der Waals surface area contributed by atoms with Crippen molar-refractivity contribution in [1.29, 1.82) is 0 Å².